The van der Waals surface area contributed by atoms with Crippen LogP contribution < -0.4 is 4.90 Å². The molecule has 0 aliphatic rings. The van der Waals surface area contributed by atoms with Crippen LogP contribution in [0.3, 0.4) is 0 Å². The maximum atomic E-state index is 6.43. The second-order valence-electron chi connectivity index (χ2n) is 14.5. The number of anilines is 3. The van der Waals surface area contributed by atoms with E-state index in [4.69, 9.17) is 13.3 Å². The van der Waals surface area contributed by atoms with Crippen LogP contribution in [0.15, 0.2) is 201 Å². The lowest BCUT2D eigenvalue weighted by atomic mass is 9.98. The Hall–Kier alpha value is -7.56. The van der Waals surface area contributed by atoms with Crippen LogP contribution in [-0.2, 0) is 0 Å². The summed E-state index contributed by atoms with van der Waals surface area (Å²) in [5, 5.41) is 9.03. The molecule has 262 valence electrons. The molecule has 4 heteroatoms. The number of rotatable bonds is 5. The van der Waals surface area contributed by atoms with E-state index in [2.05, 4.69) is 169 Å². The van der Waals surface area contributed by atoms with Crippen LogP contribution in [0, 0.1) is 0 Å². The summed E-state index contributed by atoms with van der Waals surface area (Å²) in [6, 6.07) is 66.3. The summed E-state index contributed by atoms with van der Waals surface area (Å²) < 4.78 is 19.0. The van der Waals surface area contributed by atoms with Gasteiger partial charge < -0.3 is 18.2 Å². The highest BCUT2D eigenvalue weighted by Crippen LogP contribution is 2.44. The summed E-state index contributed by atoms with van der Waals surface area (Å²) in [7, 11) is 0. The fraction of sp³-hybridized carbons (Fsp3) is 0. The molecule has 4 nitrogen and oxygen atoms in total. The highest BCUT2D eigenvalue weighted by molar-refractivity contribution is 6.12. The maximum absolute atomic E-state index is 6.43. The van der Waals surface area contributed by atoms with E-state index < -0.39 is 0 Å². The van der Waals surface area contributed by atoms with Gasteiger partial charge in [-0.15, -0.1) is 0 Å². The Morgan fingerprint density at radius 2 is 0.786 bits per heavy atom. The van der Waals surface area contributed by atoms with Gasteiger partial charge in [-0.05, 0) is 106 Å². The fourth-order valence-electron chi connectivity index (χ4n) is 8.53. The average Bonchev–Trinajstić information content (AvgIpc) is 3.93. The highest BCUT2D eigenvalue weighted by Gasteiger charge is 2.20. The molecule has 0 N–H and O–H groups in total. The number of nitrogens with zero attached hydrogens (tertiary/aromatic N) is 1. The molecule has 0 aliphatic heterocycles. The van der Waals surface area contributed by atoms with Gasteiger partial charge in [0.25, 0.3) is 0 Å². The summed E-state index contributed by atoms with van der Waals surface area (Å²) in [6.07, 6.45) is 0. The van der Waals surface area contributed by atoms with Crippen LogP contribution in [0.1, 0.15) is 0 Å². The van der Waals surface area contributed by atoms with Crippen molar-refractivity contribution in [3.05, 3.63) is 188 Å². The molecule has 9 aromatic carbocycles. The molecule has 0 atom stereocenters. The third-order valence-corrected chi connectivity index (χ3v) is 11.2. The van der Waals surface area contributed by atoms with Crippen molar-refractivity contribution in [1.82, 2.24) is 0 Å². The molecule has 12 aromatic rings. The van der Waals surface area contributed by atoms with E-state index in [1.54, 1.807) is 0 Å². The lowest BCUT2D eigenvalue weighted by Crippen LogP contribution is -2.11. The number of hydrogen-bond acceptors (Lipinski definition) is 4. The molecule has 0 saturated heterocycles. The van der Waals surface area contributed by atoms with Crippen molar-refractivity contribution in [3.63, 3.8) is 0 Å². The Morgan fingerprint density at radius 1 is 0.286 bits per heavy atom. The predicted molar refractivity (Wildman–Crippen MR) is 231 cm³/mol. The van der Waals surface area contributed by atoms with E-state index in [0.29, 0.717) is 0 Å². The SMILES string of the molecule is c1ccc(N(c2ccc(-c3ccc4oc5ccccc5c4c3)cc2)c2ccc3c(c2)oc2ccccc23)c(-c2ccc3oc4cc5ccccc5cc4c3c2)c1. The number of furan rings is 3. The van der Waals surface area contributed by atoms with E-state index in [1.807, 2.05) is 24.3 Å². The summed E-state index contributed by atoms with van der Waals surface area (Å²) in [5.41, 5.74) is 12.9. The lowest BCUT2D eigenvalue weighted by Gasteiger charge is -2.28. The largest absolute Gasteiger partial charge is 0.456 e. The molecular formula is C52H31NO3. The van der Waals surface area contributed by atoms with Crippen LogP contribution in [0.4, 0.5) is 17.1 Å². The lowest BCUT2D eigenvalue weighted by molar-refractivity contribution is 0.668. The predicted octanol–water partition coefficient (Wildman–Crippen LogP) is 15.3. The Kier molecular flexibility index (Phi) is 6.60. The van der Waals surface area contributed by atoms with Crippen LogP contribution in [0.25, 0.3) is 98.8 Å². The van der Waals surface area contributed by atoms with Gasteiger partial charge in [0.15, 0.2) is 0 Å². The van der Waals surface area contributed by atoms with E-state index in [9.17, 15) is 0 Å². The third-order valence-electron chi connectivity index (χ3n) is 11.2. The van der Waals surface area contributed by atoms with Gasteiger partial charge in [-0.25, -0.2) is 0 Å². The molecule has 3 aromatic heterocycles. The first-order valence-electron chi connectivity index (χ1n) is 18.9. The maximum Gasteiger partial charge on any atom is 0.137 e. The van der Waals surface area contributed by atoms with E-state index in [0.717, 1.165) is 105 Å². The van der Waals surface area contributed by atoms with E-state index in [-0.39, 0.29) is 0 Å². The van der Waals surface area contributed by atoms with Crippen molar-refractivity contribution in [2.45, 2.75) is 0 Å². The van der Waals surface area contributed by atoms with E-state index >= 15 is 0 Å². The zero-order chi connectivity index (χ0) is 36.7. The summed E-state index contributed by atoms with van der Waals surface area (Å²) in [6.45, 7) is 0. The molecular weight excluding hydrogens is 687 g/mol. The minimum Gasteiger partial charge on any atom is -0.456 e. The highest BCUT2D eigenvalue weighted by atomic mass is 16.3. The van der Waals surface area contributed by atoms with Crippen molar-refractivity contribution in [3.8, 4) is 22.3 Å². The second-order valence-corrected chi connectivity index (χ2v) is 14.5. The van der Waals surface area contributed by atoms with Crippen molar-refractivity contribution < 1.29 is 13.3 Å². The van der Waals surface area contributed by atoms with Gasteiger partial charge in [0, 0.05) is 55.3 Å². The summed E-state index contributed by atoms with van der Waals surface area (Å²) >= 11 is 0. The normalized spacial score (nSPS) is 11.9. The topological polar surface area (TPSA) is 42.7 Å². The standard InChI is InChI=1S/C52H31NO3/c1-2-10-34-30-51-45(27-33(34)9-1)44-29-36(20-26-50(44)56-51)39-11-3-6-14-46(39)53(38-23-24-42-40-12-4-7-15-47(40)55-52(42)31-38)37-21-17-32(18-22-37)35-19-25-49-43(28-35)41-13-5-8-16-48(41)54-49/h1-31H. The zero-order valence-electron chi connectivity index (χ0n) is 30.1. The first kappa shape index (κ1) is 30.9. The third kappa shape index (κ3) is 4.79. The molecule has 0 fully saturated rings. The van der Waals surface area contributed by atoms with Crippen LogP contribution >= 0.6 is 0 Å². The quantitative estimate of drug-likeness (QED) is 0.178. The van der Waals surface area contributed by atoms with Crippen molar-refractivity contribution in [1.29, 1.82) is 0 Å². The second kappa shape index (κ2) is 12.0. The molecule has 3 heterocycles. The van der Waals surface area contributed by atoms with Gasteiger partial charge in [0.05, 0.1) is 5.69 Å². The molecule has 0 saturated carbocycles. The van der Waals surface area contributed by atoms with Gasteiger partial charge in [-0.2, -0.15) is 0 Å². The molecule has 12 rings (SSSR count). The Labute approximate surface area is 321 Å². The van der Waals surface area contributed by atoms with Crippen LogP contribution in [0.5, 0.6) is 0 Å². The zero-order valence-corrected chi connectivity index (χ0v) is 30.1. The van der Waals surface area contributed by atoms with E-state index in [1.165, 1.54) is 10.8 Å². The molecule has 0 bridgehead atoms. The average molecular weight is 718 g/mol. The summed E-state index contributed by atoms with van der Waals surface area (Å²) in [4.78, 5) is 2.34. The Balaban J connectivity index is 1.02. The van der Waals surface area contributed by atoms with Crippen LogP contribution in [0.2, 0.25) is 0 Å². The minimum absolute atomic E-state index is 0.849. The van der Waals surface area contributed by atoms with Crippen LogP contribution in [-0.4, -0.2) is 0 Å². The summed E-state index contributed by atoms with van der Waals surface area (Å²) in [5.74, 6) is 0. The first-order chi connectivity index (χ1) is 27.7. The van der Waals surface area contributed by atoms with Gasteiger partial charge in [0.1, 0.15) is 33.5 Å². The Bertz CT molecular complexity index is 3490. The monoisotopic (exact) mass is 717 g/mol. The molecule has 56 heavy (non-hydrogen) atoms. The first-order valence-corrected chi connectivity index (χ1v) is 18.9. The van der Waals surface area contributed by atoms with Gasteiger partial charge in [-0.1, -0.05) is 103 Å². The molecule has 0 aliphatic carbocycles. The van der Waals surface area contributed by atoms with Crippen molar-refractivity contribution >= 4 is 93.7 Å². The number of hydrogen-bond donors (Lipinski definition) is 0. The number of fused-ring (bicyclic) bond motifs is 10. The van der Waals surface area contributed by atoms with Gasteiger partial charge in [0.2, 0.25) is 0 Å². The molecule has 0 unspecified atom stereocenters. The minimum atomic E-state index is 0.849. The van der Waals surface area contributed by atoms with Gasteiger partial charge >= 0.3 is 0 Å². The number of benzene rings is 9. The van der Waals surface area contributed by atoms with Crippen molar-refractivity contribution in [2.75, 3.05) is 4.90 Å². The molecule has 0 spiro atoms. The molecule has 0 radical (unpaired) electrons. The fourth-order valence-corrected chi connectivity index (χ4v) is 8.53. The Morgan fingerprint density at radius 3 is 1.57 bits per heavy atom. The van der Waals surface area contributed by atoms with Crippen molar-refractivity contribution in [2.24, 2.45) is 0 Å². The van der Waals surface area contributed by atoms with Gasteiger partial charge in [-0.3, -0.25) is 0 Å². The number of para-hydroxylation sites is 3. The molecule has 0 amide bonds. The smallest absolute Gasteiger partial charge is 0.137 e.